The van der Waals surface area contributed by atoms with E-state index in [2.05, 4.69) is 4.98 Å². The summed E-state index contributed by atoms with van der Waals surface area (Å²) in [6.45, 7) is 0. The van der Waals surface area contributed by atoms with Crippen molar-refractivity contribution in [3.63, 3.8) is 0 Å². The van der Waals surface area contributed by atoms with Crippen molar-refractivity contribution in [1.82, 2.24) is 4.98 Å². The van der Waals surface area contributed by atoms with Gasteiger partial charge in [0.15, 0.2) is 0 Å². The topological polar surface area (TPSA) is 50.2 Å². The molecule has 4 heteroatoms. The fraction of sp³-hybridized carbons (Fsp3) is 0.0909. The molecule has 0 unspecified atom stereocenters. The Morgan fingerprint density at radius 3 is 2.73 bits per heavy atom. The molecule has 0 saturated carbocycles. The first-order valence-corrected chi connectivity index (χ1v) is 5.61. The van der Waals surface area contributed by atoms with Crippen LogP contribution in [0.1, 0.15) is 10.5 Å². The van der Waals surface area contributed by atoms with Crippen LogP contribution in [0.3, 0.4) is 0 Å². The molecule has 0 aliphatic heterocycles. The number of aromatic nitrogens is 1. The summed E-state index contributed by atoms with van der Waals surface area (Å²) in [6, 6.07) is 9.13. The summed E-state index contributed by atoms with van der Waals surface area (Å²) in [4.78, 5) is 15.9. The molecule has 0 aliphatic rings. The first-order chi connectivity index (χ1) is 7.20. The van der Waals surface area contributed by atoms with Gasteiger partial charge in [-0.1, -0.05) is 12.1 Å². The van der Waals surface area contributed by atoms with E-state index in [1.807, 2.05) is 24.5 Å². The van der Waals surface area contributed by atoms with Gasteiger partial charge in [0.05, 0.1) is 5.52 Å². The Labute approximate surface area is 91.1 Å². The molecule has 15 heavy (non-hydrogen) atoms. The first kappa shape index (κ1) is 9.98. The number of fused-ring (bicyclic) bond motifs is 1. The fourth-order valence-electron chi connectivity index (χ4n) is 1.34. The van der Waals surface area contributed by atoms with Gasteiger partial charge in [-0.2, -0.15) is 0 Å². The van der Waals surface area contributed by atoms with Gasteiger partial charge in [-0.15, -0.1) is 11.8 Å². The zero-order valence-electron chi connectivity index (χ0n) is 8.10. The molecule has 0 radical (unpaired) electrons. The molecule has 1 heterocycles. The molecule has 0 fully saturated rings. The summed E-state index contributed by atoms with van der Waals surface area (Å²) in [5.74, 6) is -0.994. The fourth-order valence-corrected chi connectivity index (χ4v) is 1.78. The van der Waals surface area contributed by atoms with Crippen LogP contribution in [0, 0.1) is 0 Å². The minimum absolute atomic E-state index is 0.0840. The summed E-state index contributed by atoms with van der Waals surface area (Å²) in [5, 5.41) is 9.76. The maximum absolute atomic E-state index is 10.7. The van der Waals surface area contributed by atoms with Crippen LogP contribution in [0.5, 0.6) is 0 Å². The summed E-state index contributed by atoms with van der Waals surface area (Å²) in [5.41, 5.74) is 0.808. The van der Waals surface area contributed by atoms with Crippen molar-refractivity contribution in [2.24, 2.45) is 0 Å². The molecule has 2 rings (SSSR count). The molecule has 0 atom stereocenters. The number of rotatable bonds is 2. The Kier molecular flexibility index (Phi) is 2.60. The van der Waals surface area contributed by atoms with Crippen LogP contribution in [0.4, 0.5) is 0 Å². The predicted octanol–water partition coefficient (Wildman–Crippen LogP) is 2.65. The van der Waals surface area contributed by atoms with Crippen molar-refractivity contribution in [2.75, 3.05) is 6.26 Å². The van der Waals surface area contributed by atoms with Gasteiger partial charge in [0.1, 0.15) is 5.69 Å². The van der Waals surface area contributed by atoms with Crippen molar-refractivity contribution in [3.8, 4) is 0 Å². The second kappa shape index (κ2) is 3.90. The van der Waals surface area contributed by atoms with E-state index in [0.717, 1.165) is 15.8 Å². The predicted molar refractivity (Wildman–Crippen MR) is 60.5 cm³/mol. The molecule has 2 aromatic rings. The van der Waals surface area contributed by atoms with E-state index in [1.54, 1.807) is 17.8 Å². The second-order valence-corrected chi connectivity index (χ2v) is 3.94. The van der Waals surface area contributed by atoms with Gasteiger partial charge in [-0.3, -0.25) is 0 Å². The molecule has 1 aromatic heterocycles. The number of benzene rings is 1. The molecule has 0 aliphatic carbocycles. The van der Waals surface area contributed by atoms with Gasteiger partial charge in [-0.25, -0.2) is 9.78 Å². The van der Waals surface area contributed by atoms with E-state index in [4.69, 9.17) is 5.11 Å². The first-order valence-electron chi connectivity index (χ1n) is 4.39. The zero-order chi connectivity index (χ0) is 10.8. The van der Waals surface area contributed by atoms with Gasteiger partial charge < -0.3 is 5.11 Å². The number of aromatic carboxylic acids is 1. The van der Waals surface area contributed by atoms with Crippen LogP contribution in [-0.2, 0) is 0 Å². The highest BCUT2D eigenvalue weighted by molar-refractivity contribution is 7.98. The highest BCUT2D eigenvalue weighted by Gasteiger charge is 2.05. The van der Waals surface area contributed by atoms with Gasteiger partial charge in [0, 0.05) is 10.3 Å². The molecular weight excluding hydrogens is 210 g/mol. The molecule has 3 nitrogen and oxygen atoms in total. The molecule has 0 amide bonds. The number of hydrogen-bond acceptors (Lipinski definition) is 3. The van der Waals surface area contributed by atoms with Crippen molar-refractivity contribution < 1.29 is 9.90 Å². The van der Waals surface area contributed by atoms with Gasteiger partial charge in [-0.05, 0) is 24.5 Å². The number of carboxylic acids is 1. The summed E-state index contributed by atoms with van der Waals surface area (Å²) < 4.78 is 0. The van der Waals surface area contributed by atoms with Crippen molar-refractivity contribution in [2.45, 2.75) is 4.90 Å². The van der Waals surface area contributed by atoms with Crippen molar-refractivity contribution >= 4 is 28.6 Å². The Morgan fingerprint density at radius 1 is 1.33 bits per heavy atom. The summed E-state index contributed by atoms with van der Waals surface area (Å²) in [6.07, 6.45) is 1.97. The standard InChI is InChI=1S/C11H9NO2S/c1-15-8-4-2-7-3-5-9(11(13)14)12-10(7)6-8/h2-6H,1H3,(H,13,14). The number of thioether (sulfide) groups is 1. The maximum atomic E-state index is 10.7. The minimum atomic E-state index is -0.994. The number of pyridine rings is 1. The minimum Gasteiger partial charge on any atom is -0.477 e. The van der Waals surface area contributed by atoms with E-state index in [1.165, 1.54) is 6.07 Å². The lowest BCUT2D eigenvalue weighted by atomic mass is 10.2. The highest BCUT2D eigenvalue weighted by Crippen LogP contribution is 2.20. The maximum Gasteiger partial charge on any atom is 0.354 e. The average molecular weight is 219 g/mol. The molecule has 0 spiro atoms. The van der Waals surface area contributed by atoms with Crippen LogP contribution >= 0.6 is 11.8 Å². The number of nitrogens with zero attached hydrogens (tertiary/aromatic N) is 1. The Hall–Kier alpha value is -1.55. The Morgan fingerprint density at radius 2 is 2.07 bits per heavy atom. The third-order valence-corrected chi connectivity index (χ3v) is 2.84. The van der Waals surface area contributed by atoms with Crippen LogP contribution in [-0.4, -0.2) is 22.3 Å². The Balaban J connectivity index is 2.62. The lowest BCUT2D eigenvalue weighted by Crippen LogP contribution is -1.99. The van der Waals surface area contributed by atoms with Crippen molar-refractivity contribution in [3.05, 3.63) is 36.0 Å². The van der Waals surface area contributed by atoms with Crippen LogP contribution in [0.25, 0.3) is 10.9 Å². The van der Waals surface area contributed by atoms with E-state index in [-0.39, 0.29) is 5.69 Å². The SMILES string of the molecule is CSc1ccc2ccc(C(=O)O)nc2c1. The largest absolute Gasteiger partial charge is 0.477 e. The second-order valence-electron chi connectivity index (χ2n) is 3.06. The lowest BCUT2D eigenvalue weighted by Gasteiger charge is -2.01. The monoisotopic (exact) mass is 219 g/mol. The molecular formula is C11H9NO2S. The van der Waals surface area contributed by atoms with Crippen LogP contribution in [0.2, 0.25) is 0 Å². The smallest absolute Gasteiger partial charge is 0.354 e. The third kappa shape index (κ3) is 1.94. The number of hydrogen-bond donors (Lipinski definition) is 1. The Bertz CT molecular complexity index is 525. The van der Waals surface area contributed by atoms with Gasteiger partial charge in [0.25, 0.3) is 0 Å². The normalized spacial score (nSPS) is 10.5. The average Bonchev–Trinajstić information content (AvgIpc) is 2.27. The van der Waals surface area contributed by atoms with E-state index >= 15 is 0 Å². The number of carbonyl (C=O) groups is 1. The van der Waals surface area contributed by atoms with Gasteiger partial charge in [0.2, 0.25) is 0 Å². The summed E-state index contributed by atoms with van der Waals surface area (Å²) in [7, 11) is 0. The van der Waals surface area contributed by atoms with Crippen molar-refractivity contribution in [1.29, 1.82) is 0 Å². The number of carboxylic acid groups (broad SMARTS) is 1. The zero-order valence-corrected chi connectivity index (χ0v) is 8.91. The quantitative estimate of drug-likeness (QED) is 0.789. The third-order valence-electron chi connectivity index (χ3n) is 2.12. The molecule has 1 N–H and O–H groups in total. The molecule has 76 valence electrons. The lowest BCUT2D eigenvalue weighted by molar-refractivity contribution is 0.0691. The highest BCUT2D eigenvalue weighted by atomic mass is 32.2. The van der Waals surface area contributed by atoms with Crippen LogP contribution < -0.4 is 0 Å². The van der Waals surface area contributed by atoms with Crippen LogP contribution in [0.15, 0.2) is 35.2 Å². The molecule has 0 saturated heterocycles. The molecule has 0 bridgehead atoms. The van der Waals surface area contributed by atoms with E-state index in [9.17, 15) is 4.79 Å². The summed E-state index contributed by atoms with van der Waals surface area (Å²) >= 11 is 1.61. The van der Waals surface area contributed by atoms with E-state index in [0.29, 0.717) is 0 Å². The van der Waals surface area contributed by atoms with Gasteiger partial charge >= 0.3 is 5.97 Å². The molecule has 1 aromatic carbocycles. The van der Waals surface area contributed by atoms with E-state index < -0.39 is 5.97 Å².